The molecular weight excluding hydrogens is 306 g/mol. The van der Waals surface area contributed by atoms with E-state index in [9.17, 15) is 0 Å². The van der Waals surface area contributed by atoms with E-state index in [1.807, 2.05) is 11.3 Å². The molecule has 3 nitrogen and oxygen atoms in total. The summed E-state index contributed by atoms with van der Waals surface area (Å²) in [5.74, 6) is 4.92. The highest BCUT2D eigenvalue weighted by Gasteiger charge is 1.96. The van der Waals surface area contributed by atoms with Crippen molar-refractivity contribution in [3.05, 3.63) is 22.4 Å². The van der Waals surface area contributed by atoms with Crippen molar-refractivity contribution in [3.63, 3.8) is 0 Å². The van der Waals surface area contributed by atoms with E-state index in [0.29, 0.717) is 13.2 Å². The van der Waals surface area contributed by atoms with Crippen molar-refractivity contribution in [2.75, 3.05) is 19.8 Å². The first-order valence-corrected chi connectivity index (χ1v) is 10.2. The zero-order valence-electron chi connectivity index (χ0n) is 14.6. The van der Waals surface area contributed by atoms with E-state index in [-0.39, 0.29) is 0 Å². The molecule has 0 atom stereocenters. The molecule has 0 spiro atoms. The van der Waals surface area contributed by atoms with Gasteiger partial charge in [-0.2, -0.15) is 0 Å². The minimum atomic E-state index is 0.494. The van der Waals surface area contributed by atoms with Gasteiger partial charge in [-0.15, -0.1) is 11.3 Å². The number of hydrogen-bond acceptors (Lipinski definition) is 4. The predicted octanol–water partition coefficient (Wildman–Crippen LogP) is 5.49. The summed E-state index contributed by atoms with van der Waals surface area (Å²) >= 11 is 1.89. The summed E-state index contributed by atoms with van der Waals surface area (Å²) in [6.45, 7) is 1.95. The largest absolute Gasteiger partial charge is 0.379 e. The molecule has 0 aliphatic rings. The molecule has 0 aliphatic heterocycles. The van der Waals surface area contributed by atoms with Crippen LogP contribution >= 0.6 is 11.3 Å². The molecule has 1 heterocycles. The van der Waals surface area contributed by atoms with Gasteiger partial charge >= 0.3 is 0 Å². The summed E-state index contributed by atoms with van der Waals surface area (Å²) < 4.78 is 5.39. The standard InChI is InChI=1S/C19H35NO2S/c20-22-17-16-21-15-11-9-7-5-3-1-2-4-6-8-10-13-19-14-12-18-23-19/h12,14,18H,1-11,13,15-17,20H2. The number of rotatable bonds is 17. The van der Waals surface area contributed by atoms with E-state index in [1.54, 1.807) is 4.88 Å². The lowest BCUT2D eigenvalue weighted by Gasteiger charge is -2.04. The Morgan fingerprint density at radius 2 is 1.35 bits per heavy atom. The van der Waals surface area contributed by atoms with E-state index in [0.717, 1.165) is 13.0 Å². The Morgan fingerprint density at radius 1 is 0.739 bits per heavy atom. The van der Waals surface area contributed by atoms with Crippen LogP contribution in [-0.2, 0) is 16.0 Å². The third-order valence-electron chi connectivity index (χ3n) is 4.14. The van der Waals surface area contributed by atoms with Crippen LogP contribution in [0.1, 0.15) is 75.5 Å². The molecule has 0 saturated carbocycles. The topological polar surface area (TPSA) is 44.5 Å². The SMILES string of the molecule is NOCCOCCCCCCCCCCCCCc1cccs1. The molecule has 2 N–H and O–H groups in total. The molecular formula is C19H35NO2S. The van der Waals surface area contributed by atoms with Crippen molar-refractivity contribution in [2.45, 2.75) is 77.0 Å². The van der Waals surface area contributed by atoms with Gasteiger partial charge in [0.1, 0.15) is 0 Å². The summed E-state index contributed by atoms with van der Waals surface area (Å²) in [7, 11) is 0. The molecule has 0 radical (unpaired) electrons. The third kappa shape index (κ3) is 13.7. The molecule has 0 bridgehead atoms. The van der Waals surface area contributed by atoms with Crippen LogP contribution in [0.4, 0.5) is 0 Å². The monoisotopic (exact) mass is 341 g/mol. The number of aryl methyl sites for hydroxylation is 1. The fourth-order valence-electron chi connectivity index (χ4n) is 2.76. The number of ether oxygens (including phenoxy) is 1. The molecule has 1 aromatic heterocycles. The van der Waals surface area contributed by atoms with Crippen LogP contribution < -0.4 is 5.90 Å². The summed E-state index contributed by atoms with van der Waals surface area (Å²) in [5.41, 5.74) is 0. The smallest absolute Gasteiger partial charge is 0.0913 e. The van der Waals surface area contributed by atoms with Gasteiger partial charge in [0, 0.05) is 11.5 Å². The Hall–Kier alpha value is -0.420. The predicted molar refractivity (Wildman–Crippen MR) is 99.8 cm³/mol. The molecule has 1 aromatic rings. The Balaban J connectivity index is 1.67. The van der Waals surface area contributed by atoms with E-state index in [1.165, 1.54) is 70.6 Å². The van der Waals surface area contributed by atoms with Crippen LogP contribution in [0, 0.1) is 0 Å². The van der Waals surface area contributed by atoms with Gasteiger partial charge in [0.2, 0.25) is 0 Å². The summed E-state index contributed by atoms with van der Waals surface area (Å²) in [6.07, 6.45) is 16.3. The van der Waals surface area contributed by atoms with E-state index >= 15 is 0 Å². The first-order valence-electron chi connectivity index (χ1n) is 9.35. The second kappa shape index (κ2) is 16.4. The first kappa shape index (κ1) is 20.6. The maximum atomic E-state index is 5.39. The van der Waals surface area contributed by atoms with Gasteiger partial charge in [0.15, 0.2) is 0 Å². The Labute approximate surface area is 146 Å². The zero-order chi connectivity index (χ0) is 16.4. The lowest BCUT2D eigenvalue weighted by atomic mass is 10.1. The van der Waals surface area contributed by atoms with Gasteiger partial charge in [-0.25, -0.2) is 5.90 Å². The lowest BCUT2D eigenvalue weighted by molar-refractivity contribution is 0.0463. The van der Waals surface area contributed by atoms with E-state index in [4.69, 9.17) is 10.6 Å². The van der Waals surface area contributed by atoms with Crippen LogP contribution in [0.5, 0.6) is 0 Å². The van der Waals surface area contributed by atoms with Crippen LogP contribution in [-0.4, -0.2) is 19.8 Å². The van der Waals surface area contributed by atoms with Gasteiger partial charge in [-0.3, -0.25) is 0 Å². The number of hydrogen-bond donors (Lipinski definition) is 1. The van der Waals surface area contributed by atoms with Crippen LogP contribution in [0.25, 0.3) is 0 Å². The normalized spacial score (nSPS) is 11.2. The van der Waals surface area contributed by atoms with Crippen molar-refractivity contribution in [3.8, 4) is 0 Å². The molecule has 0 fully saturated rings. The maximum Gasteiger partial charge on any atom is 0.0913 e. The molecule has 0 aromatic carbocycles. The van der Waals surface area contributed by atoms with E-state index in [2.05, 4.69) is 22.4 Å². The maximum absolute atomic E-state index is 5.39. The summed E-state index contributed by atoms with van der Waals surface area (Å²) in [4.78, 5) is 5.99. The molecule has 0 saturated heterocycles. The number of unbranched alkanes of at least 4 members (excludes halogenated alkanes) is 10. The fraction of sp³-hybridized carbons (Fsp3) is 0.789. The number of nitrogens with two attached hydrogens (primary N) is 1. The van der Waals surface area contributed by atoms with Gasteiger partial charge in [0.25, 0.3) is 0 Å². The average Bonchev–Trinajstić information content (AvgIpc) is 3.08. The Kier molecular flexibility index (Phi) is 14.7. The van der Waals surface area contributed by atoms with Crippen molar-refractivity contribution in [2.24, 2.45) is 5.90 Å². The van der Waals surface area contributed by atoms with Gasteiger partial charge in [-0.05, 0) is 30.7 Å². The number of thiophene rings is 1. The quantitative estimate of drug-likeness (QED) is 0.301. The molecule has 0 unspecified atom stereocenters. The highest BCUT2D eigenvalue weighted by Crippen LogP contribution is 2.15. The van der Waals surface area contributed by atoms with Crippen molar-refractivity contribution < 1.29 is 9.57 Å². The highest BCUT2D eigenvalue weighted by atomic mass is 32.1. The first-order chi connectivity index (χ1) is 11.4. The van der Waals surface area contributed by atoms with Crippen LogP contribution in [0.3, 0.4) is 0 Å². The Morgan fingerprint density at radius 3 is 1.91 bits per heavy atom. The molecule has 0 amide bonds. The van der Waals surface area contributed by atoms with Crippen LogP contribution in [0.15, 0.2) is 17.5 Å². The zero-order valence-corrected chi connectivity index (χ0v) is 15.5. The van der Waals surface area contributed by atoms with Crippen molar-refractivity contribution in [1.29, 1.82) is 0 Å². The lowest BCUT2D eigenvalue weighted by Crippen LogP contribution is -2.08. The molecule has 4 heteroatoms. The van der Waals surface area contributed by atoms with Gasteiger partial charge in [0.05, 0.1) is 13.2 Å². The highest BCUT2D eigenvalue weighted by molar-refractivity contribution is 7.09. The van der Waals surface area contributed by atoms with Crippen molar-refractivity contribution in [1.82, 2.24) is 0 Å². The van der Waals surface area contributed by atoms with E-state index < -0.39 is 0 Å². The Bertz CT molecular complexity index is 330. The minimum Gasteiger partial charge on any atom is -0.379 e. The molecule has 23 heavy (non-hydrogen) atoms. The van der Waals surface area contributed by atoms with Crippen molar-refractivity contribution >= 4 is 11.3 Å². The second-order valence-corrected chi connectivity index (χ2v) is 7.23. The third-order valence-corrected chi connectivity index (χ3v) is 5.07. The summed E-state index contributed by atoms with van der Waals surface area (Å²) in [6, 6.07) is 4.41. The average molecular weight is 342 g/mol. The van der Waals surface area contributed by atoms with Gasteiger partial charge < -0.3 is 9.57 Å². The fourth-order valence-corrected chi connectivity index (χ4v) is 3.51. The summed E-state index contributed by atoms with van der Waals surface area (Å²) in [5, 5.41) is 2.18. The second-order valence-electron chi connectivity index (χ2n) is 6.20. The van der Waals surface area contributed by atoms with Crippen LogP contribution in [0.2, 0.25) is 0 Å². The molecule has 0 aliphatic carbocycles. The molecule has 1 rings (SSSR count). The molecule has 134 valence electrons. The minimum absolute atomic E-state index is 0.494. The van der Waals surface area contributed by atoms with Gasteiger partial charge in [-0.1, -0.05) is 63.9 Å².